The number of hydrogen-bond acceptors (Lipinski definition) is 5. The molecule has 0 spiro atoms. The molecule has 6 heteroatoms. The molecular weight excluding hydrogens is 284 g/mol. The lowest BCUT2D eigenvalue weighted by atomic mass is 10.2. The van der Waals surface area contributed by atoms with Crippen LogP contribution in [0.15, 0.2) is 0 Å². The van der Waals surface area contributed by atoms with Crippen LogP contribution < -0.4 is 10.2 Å². The molecule has 1 N–H and O–H groups in total. The van der Waals surface area contributed by atoms with Crippen LogP contribution in [0.1, 0.15) is 44.5 Å². The van der Waals surface area contributed by atoms with E-state index < -0.39 is 10.8 Å². The zero-order valence-corrected chi connectivity index (χ0v) is 14.3. The monoisotopic (exact) mass is 310 g/mol. The molecule has 0 aromatic carbocycles. The van der Waals surface area contributed by atoms with E-state index in [0.29, 0.717) is 5.92 Å². The van der Waals surface area contributed by atoms with Gasteiger partial charge in [-0.05, 0) is 13.3 Å². The summed E-state index contributed by atoms with van der Waals surface area (Å²) in [6, 6.07) is 0. The summed E-state index contributed by atoms with van der Waals surface area (Å²) in [5.41, 5.74) is 1.10. The zero-order valence-electron chi connectivity index (χ0n) is 13.5. The first kappa shape index (κ1) is 16.2. The maximum atomic E-state index is 11.5. The van der Waals surface area contributed by atoms with Crippen LogP contribution in [0.4, 0.5) is 11.6 Å². The van der Waals surface area contributed by atoms with Gasteiger partial charge in [-0.15, -0.1) is 0 Å². The zero-order chi connectivity index (χ0) is 15.4. The average Bonchev–Trinajstić information content (AvgIpc) is 2.47. The molecule has 0 aliphatic carbocycles. The van der Waals surface area contributed by atoms with Crippen molar-refractivity contribution in [2.75, 3.05) is 41.4 Å². The van der Waals surface area contributed by atoms with Crippen LogP contribution in [0, 0.1) is 6.92 Å². The van der Waals surface area contributed by atoms with Crippen LogP contribution in [-0.4, -0.2) is 45.3 Å². The molecule has 0 amide bonds. The van der Waals surface area contributed by atoms with Gasteiger partial charge in [0.15, 0.2) is 0 Å². The van der Waals surface area contributed by atoms with Gasteiger partial charge in [0.25, 0.3) is 0 Å². The van der Waals surface area contributed by atoms with Crippen molar-refractivity contribution < 1.29 is 4.21 Å². The Morgan fingerprint density at radius 2 is 1.95 bits per heavy atom. The minimum atomic E-state index is -0.666. The first-order valence-electron chi connectivity index (χ1n) is 7.75. The smallest absolute Gasteiger partial charge is 0.137 e. The average molecular weight is 310 g/mol. The molecule has 0 bridgehead atoms. The third-order valence-electron chi connectivity index (χ3n) is 3.67. The van der Waals surface area contributed by atoms with Crippen LogP contribution in [0.5, 0.6) is 0 Å². The largest absolute Gasteiger partial charge is 0.370 e. The van der Waals surface area contributed by atoms with Gasteiger partial charge in [-0.1, -0.05) is 20.8 Å². The minimum absolute atomic E-state index is 0.297. The molecule has 1 aromatic rings. The van der Waals surface area contributed by atoms with Gasteiger partial charge in [0.2, 0.25) is 0 Å². The van der Waals surface area contributed by atoms with Crippen molar-refractivity contribution in [2.45, 2.75) is 40.0 Å². The van der Waals surface area contributed by atoms with Crippen molar-refractivity contribution in [1.82, 2.24) is 9.97 Å². The topological polar surface area (TPSA) is 58.1 Å². The molecule has 2 heterocycles. The molecule has 0 atom stereocenters. The maximum absolute atomic E-state index is 11.5. The lowest BCUT2D eigenvalue weighted by Crippen LogP contribution is -2.39. The number of hydrogen-bond donors (Lipinski definition) is 1. The van der Waals surface area contributed by atoms with Crippen molar-refractivity contribution in [3.63, 3.8) is 0 Å². The quantitative estimate of drug-likeness (QED) is 0.904. The maximum Gasteiger partial charge on any atom is 0.137 e. The van der Waals surface area contributed by atoms with Gasteiger partial charge < -0.3 is 10.2 Å². The normalized spacial score (nSPS) is 16.5. The number of rotatable bonds is 5. The predicted octanol–water partition coefficient (Wildman–Crippen LogP) is 2.30. The van der Waals surface area contributed by atoms with E-state index in [9.17, 15) is 4.21 Å². The van der Waals surface area contributed by atoms with Gasteiger partial charge in [0, 0.05) is 53.4 Å². The fraction of sp³-hybridized carbons (Fsp3) is 0.733. The predicted molar refractivity (Wildman–Crippen MR) is 89.7 cm³/mol. The number of anilines is 2. The second kappa shape index (κ2) is 7.20. The first-order valence-corrected chi connectivity index (χ1v) is 9.24. The van der Waals surface area contributed by atoms with Crippen LogP contribution in [0.3, 0.4) is 0 Å². The molecule has 2 rings (SSSR count). The molecular formula is C15H26N4OS. The Morgan fingerprint density at radius 3 is 2.52 bits per heavy atom. The molecule has 0 saturated carbocycles. The molecule has 1 fully saturated rings. The fourth-order valence-corrected chi connectivity index (χ4v) is 3.41. The van der Waals surface area contributed by atoms with Crippen LogP contribution in [0.2, 0.25) is 0 Å². The Morgan fingerprint density at radius 1 is 1.29 bits per heavy atom. The SMILES string of the molecule is CCCNc1nc(C(C)C)nc(N2CCS(=O)CC2)c1C. The van der Waals surface area contributed by atoms with Crippen LogP contribution >= 0.6 is 0 Å². The summed E-state index contributed by atoms with van der Waals surface area (Å²) in [6.07, 6.45) is 1.07. The molecule has 0 unspecified atom stereocenters. The summed E-state index contributed by atoms with van der Waals surface area (Å²) >= 11 is 0. The summed E-state index contributed by atoms with van der Waals surface area (Å²) in [6.45, 7) is 11.0. The number of nitrogens with one attached hydrogen (secondary N) is 1. The highest BCUT2D eigenvalue weighted by molar-refractivity contribution is 7.85. The fourth-order valence-electron chi connectivity index (χ4n) is 2.35. The lowest BCUT2D eigenvalue weighted by Gasteiger charge is -2.29. The summed E-state index contributed by atoms with van der Waals surface area (Å²) in [7, 11) is -0.666. The Hall–Kier alpha value is -1.17. The highest BCUT2D eigenvalue weighted by atomic mass is 32.2. The first-order chi connectivity index (χ1) is 10.0. The molecule has 0 radical (unpaired) electrons. The molecule has 118 valence electrons. The highest BCUT2D eigenvalue weighted by Crippen LogP contribution is 2.26. The van der Waals surface area contributed by atoms with Crippen LogP contribution in [-0.2, 0) is 10.8 Å². The lowest BCUT2D eigenvalue weighted by molar-refractivity contribution is 0.671. The van der Waals surface area contributed by atoms with E-state index in [1.807, 2.05) is 0 Å². The van der Waals surface area contributed by atoms with E-state index in [4.69, 9.17) is 4.98 Å². The van der Waals surface area contributed by atoms with Gasteiger partial charge in [-0.3, -0.25) is 4.21 Å². The number of nitrogens with zero attached hydrogens (tertiary/aromatic N) is 3. The van der Waals surface area contributed by atoms with E-state index in [-0.39, 0.29) is 0 Å². The summed E-state index contributed by atoms with van der Waals surface area (Å²) in [5.74, 6) is 4.59. The van der Waals surface area contributed by atoms with Gasteiger partial charge in [0.1, 0.15) is 17.5 Å². The third kappa shape index (κ3) is 3.93. The summed E-state index contributed by atoms with van der Waals surface area (Å²) in [5, 5.41) is 3.41. The van der Waals surface area contributed by atoms with Crippen molar-refractivity contribution in [3.8, 4) is 0 Å². The van der Waals surface area contributed by atoms with Gasteiger partial charge in [0.05, 0.1) is 0 Å². The second-order valence-corrected chi connectivity index (χ2v) is 7.49. The highest BCUT2D eigenvalue weighted by Gasteiger charge is 2.21. The molecule has 1 aliphatic heterocycles. The molecule has 1 saturated heterocycles. The molecule has 21 heavy (non-hydrogen) atoms. The molecule has 1 aromatic heterocycles. The number of aromatic nitrogens is 2. The molecule has 5 nitrogen and oxygen atoms in total. The summed E-state index contributed by atoms with van der Waals surface area (Å²) < 4.78 is 11.5. The van der Waals surface area contributed by atoms with Crippen molar-refractivity contribution in [2.24, 2.45) is 0 Å². The van der Waals surface area contributed by atoms with Crippen molar-refractivity contribution >= 4 is 22.4 Å². The Balaban J connectivity index is 2.33. The standard InChI is InChI=1S/C15H26N4OS/c1-5-6-16-14-12(4)15(18-13(17-14)11(2)3)19-7-9-21(20)10-8-19/h11H,5-10H2,1-4H3,(H,16,17,18). The second-order valence-electron chi connectivity index (χ2n) is 5.80. The van der Waals surface area contributed by atoms with E-state index in [2.05, 4.69) is 42.9 Å². The van der Waals surface area contributed by atoms with E-state index in [1.54, 1.807) is 0 Å². The van der Waals surface area contributed by atoms with Crippen LogP contribution in [0.25, 0.3) is 0 Å². The van der Waals surface area contributed by atoms with E-state index >= 15 is 0 Å². The summed E-state index contributed by atoms with van der Waals surface area (Å²) in [4.78, 5) is 11.7. The Kier molecular flexibility index (Phi) is 5.56. The Labute approximate surface area is 130 Å². The minimum Gasteiger partial charge on any atom is -0.370 e. The van der Waals surface area contributed by atoms with Gasteiger partial charge >= 0.3 is 0 Å². The molecule has 1 aliphatic rings. The van der Waals surface area contributed by atoms with Crippen molar-refractivity contribution in [1.29, 1.82) is 0 Å². The van der Waals surface area contributed by atoms with Gasteiger partial charge in [-0.25, -0.2) is 9.97 Å². The van der Waals surface area contributed by atoms with E-state index in [1.165, 1.54) is 0 Å². The Bertz CT molecular complexity index is 509. The van der Waals surface area contributed by atoms with Crippen molar-refractivity contribution in [3.05, 3.63) is 11.4 Å². The van der Waals surface area contributed by atoms with Gasteiger partial charge in [-0.2, -0.15) is 0 Å². The third-order valence-corrected chi connectivity index (χ3v) is 4.95. The van der Waals surface area contributed by atoms with E-state index in [0.717, 1.165) is 60.6 Å².